The number of benzene rings is 1. The first-order valence-electron chi connectivity index (χ1n) is 14.6. The van der Waals surface area contributed by atoms with Crippen LogP contribution in [0.25, 0.3) is 0 Å². The second-order valence-electron chi connectivity index (χ2n) is 12.0. The van der Waals surface area contributed by atoms with Crippen LogP contribution >= 0.6 is 0 Å². The molecular formula is C31H40F3N5O4. The molecule has 4 rings (SSSR count). The zero-order valence-electron chi connectivity index (χ0n) is 25.3. The standard InChI is InChI=1S/C31H40F3N5O4/c1-20-26(27(35-5)37-23-9-7-17-39(19-23)29(41)43-30(2,3)4)25(14-15-36-20)42-24-12-10-21(11-13-24)28(40)38-16-6-8-22(18-38)31(32,33)34/h10-15,22-23H,6-9,16-19H2,1-5H3,(H,35,37). The summed E-state index contributed by atoms with van der Waals surface area (Å²) in [5, 5.41) is 3.46. The van der Waals surface area contributed by atoms with Gasteiger partial charge in [0.15, 0.2) is 0 Å². The highest BCUT2D eigenvalue weighted by Crippen LogP contribution is 2.34. The maximum absolute atomic E-state index is 13.2. The number of ether oxygens (including phenoxy) is 2. The molecule has 2 unspecified atom stereocenters. The molecular weight excluding hydrogens is 563 g/mol. The van der Waals surface area contributed by atoms with Gasteiger partial charge in [0.2, 0.25) is 0 Å². The van der Waals surface area contributed by atoms with Crippen molar-refractivity contribution >= 4 is 17.8 Å². The highest BCUT2D eigenvalue weighted by molar-refractivity contribution is 6.02. The molecule has 1 aromatic heterocycles. The van der Waals surface area contributed by atoms with E-state index in [1.54, 1.807) is 48.5 Å². The van der Waals surface area contributed by atoms with E-state index in [9.17, 15) is 22.8 Å². The van der Waals surface area contributed by atoms with Crippen LogP contribution in [0.2, 0.25) is 0 Å². The molecule has 2 aromatic rings. The van der Waals surface area contributed by atoms with Crippen molar-refractivity contribution in [1.29, 1.82) is 0 Å². The second kappa shape index (κ2) is 13.2. The number of nitrogens with zero attached hydrogens (tertiary/aromatic N) is 4. The summed E-state index contributed by atoms with van der Waals surface area (Å²) in [4.78, 5) is 37.5. The number of rotatable bonds is 5. The van der Waals surface area contributed by atoms with Gasteiger partial charge >= 0.3 is 12.3 Å². The summed E-state index contributed by atoms with van der Waals surface area (Å²) in [6.45, 7) is 8.40. The first kappa shape index (κ1) is 32.1. The van der Waals surface area contributed by atoms with Gasteiger partial charge in [0.05, 0.1) is 17.2 Å². The number of hydrogen-bond donors (Lipinski definition) is 1. The van der Waals surface area contributed by atoms with Gasteiger partial charge in [-0.25, -0.2) is 4.79 Å². The number of amides is 2. The predicted molar refractivity (Wildman–Crippen MR) is 157 cm³/mol. The van der Waals surface area contributed by atoms with Crippen LogP contribution in [0.4, 0.5) is 18.0 Å². The molecule has 2 fully saturated rings. The van der Waals surface area contributed by atoms with Gasteiger partial charge in [-0.05, 0) is 83.7 Å². The van der Waals surface area contributed by atoms with Crippen LogP contribution in [0.15, 0.2) is 41.5 Å². The Bertz CT molecular complexity index is 1320. The summed E-state index contributed by atoms with van der Waals surface area (Å²) in [5.74, 6) is -0.438. The van der Waals surface area contributed by atoms with E-state index in [-0.39, 0.29) is 25.1 Å². The Balaban J connectivity index is 1.45. The SMILES string of the molecule is CN=C(NC1CCCN(C(=O)OC(C)(C)C)C1)c1c(Oc2ccc(C(=O)N3CCCC(C(F)(F)F)C3)cc2)ccnc1C. The van der Waals surface area contributed by atoms with E-state index in [1.807, 2.05) is 27.7 Å². The lowest BCUT2D eigenvalue weighted by Gasteiger charge is -2.35. The second-order valence-corrected chi connectivity index (χ2v) is 12.0. The molecule has 3 heterocycles. The average Bonchev–Trinajstić information content (AvgIpc) is 2.95. The fourth-order valence-corrected chi connectivity index (χ4v) is 5.35. The third-order valence-corrected chi connectivity index (χ3v) is 7.48. The Hall–Kier alpha value is -3.83. The van der Waals surface area contributed by atoms with Crippen molar-refractivity contribution in [3.8, 4) is 11.5 Å². The number of piperidine rings is 2. The zero-order valence-corrected chi connectivity index (χ0v) is 25.3. The predicted octanol–water partition coefficient (Wildman–Crippen LogP) is 5.96. The zero-order chi connectivity index (χ0) is 31.4. The van der Waals surface area contributed by atoms with E-state index in [2.05, 4.69) is 15.3 Å². The maximum atomic E-state index is 13.2. The van der Waals surface area contributed by atoms with E-state index in [0.717, 1.165) is 12.8 Å². The van der Waals surface area contributed by atoms with Crippen molar-refractivity contribution in [3.63, 3.8) is 0 Å². The van der Waals surface area contributed by atoms with Gasteiger partial charge < -0.3 is 24.6 Å². The summed E-state index contributed by atoms with van der Waals surface area (Å²) < 4.78 is 51.4. The first-order valence-corrected chi connectivity index (χ1v) is 14.6. The van der Waals surface area contributed by atoms with E-state index < -0.39 is 23.6 Å². The Morgan fingerprint density at radius 2 is 1.67 bits per heavy atom. The minimum absolute atomic E-state index is 0.0361. The van der Waals surface area contributed by atoms with Gasteiger partial charge in [-0.15, -0.1) is 0 Å². The maximum Gasteiger partial charge on any atom is 0.410 e. The lowest BCUT2D eigenvalue weighted by molar-refractivity contribution is -0.184. The Morgan fingerprint density at radius 1 is 1.00 bits per heavy atom. The average molecular weight is 604 g/mol. The van der Waals surface area contributed by atoms with Gasteiger partial charge in [-0.2, -0.15) is 13.2 Å². The van der Waals surface area contributed by atoms with E-state index in [0.29, 0.717) is 60.2 Å². The van der Waals surface area contributed by atoms with E-state index in [1.165, 1.54) is 4.90 Å². The van der Waals surface area contributed by atoms with E-state index >= 15 is 0 Å². The highest BCUT2D eigenvalue weighted by atomic mass is 19.4. The highest BCUT2D eigenvalue weighted by Gasteiger charge is 2.42. The quantitative estimate of drug-likeness (QED) is 0.335. The topological polar surface area (TPSA) is 96.4 Å². The van der Waals surface area contributed by atoms with Crippen LogP contribution in [-0.4, -0.2) is 83.7 Å². The number of nitrogens with one attached hydrogen (secondary N) is 1. The number of halogens is 3. The number of pyridine rings is 1. The minimum Gasteiger partial charge on any atom is -0.456 e. The smallest absolute Gasteiger partial charge is 0.410 e. The molecule has 0 bridgehead atoms. The van der Waals surface area contributed by atoms with Crippen LogP contribution in [0.3, 0.4) is 0 Å². The fourth-order valence-electron chi connectivity index (χ4n) is 5.35. The number of likely N-dealkylation sites (tertiary alicyclic amines) is 2. The number of aryl methyl sites for hydroxylation is 1. The number of amidine groups is 1. The molecule has 1 aromatic carbocycles. The summed E-state index contributed by atoms with van der Waals surface area (Å²) >= 11 is 0. The molecule has 234 valence electrons. The number of aliphatic imine (C=N–C) groups is 1. The molecule has 0 spiro atoms. The van der Waals surface area contributed by atoms with Gasteiger partial charge in [-0.1, -0.05) is 0 Å². The molecule has 2 aliphatic rings. The third-order valence-electron chi connectivity index (χ3n) is 7.48. The van der Waals surface area contributed by atoms with Gasteiger partial charge in [0.1, 0.15) is 22.9 Å². The molecule has 0 radical (unpaired) electrons. The van der Waals surface area contributed by atoms with Crippen molar-refractivity contribution in [2.24, 2.45) is 10.9 Å². The van der Waals surface area contributed by atoms with E-state index in [4.69, 9.17) is 9.47 Å². The van der Waals surface area contributed by atoms with Crippen molar-refractivity contribution in [2.75, 3.05) is 33.2 Å². The molecule has 1 N–H and O–H groups in total. The largest absolute Gasteiger partial charge is 0.456 e. The van der Waals surface area contributed by atoms with Crippen LogP contribution in [0, 0.1) is 12.8 Å². The van der Waals surface area contributed by atoms with Crippen LogP contribution in [-0.2, 0) is 4.74 Å². The molecule has 2 amide bonds. The van der Waals surface area contributed by atoms with Crippen molar-refractivity contribution < 1.29 is 32.2 Å². The molecule has 2 saturated heterocycles. The molecule has 2 atom stereocenters. The Labute approximate surface area is 250 Å². The first-order chi connectivity index (χ1) is 20.2. The molecule has 0 aliphatic carbocycles. The normalized spacial score (nSPS) is 20.0. The summed E-state index contributed by atoms with van der Waals surface area (Å²) in [7, 11) is 1.66. The molecule has 9 nitrogen and oxygen atoms in total. The summed E-state index contributed by atoms with van der Waals surface area (Å²) in [6, 6.07) is 8.01. The molecule has 2 aliphatic heterocycles. The minimum atomic E-state index is -4.32. The van der Waals surface area contributed by atoms with Crippen LogP contribution in [0.5, 0.6) is 11.5 Å². The van der Waals surface area contributed by atoms with Gasteiger partial charge in [-0.3, -0.25) is 14.8 Å². The van der Waals surface area contributed by atoms with Crippen LogP contribution in [0.1, 0.15) is 68.1 Å². The lowest BCUT2D eigenvalue weighted by atomic mass is 9.97. The number of carbonyl (C=O) groups excluding carboxylic acids is 2. The lowest BCUT2D eigenvalue weighted by Crippen LogP contribution is -2.51. The van der Waals surface area contributed by atoms with Crippen molar-refractivity contribution in [1.82, 2.24) is 20.1 Å². The van der Waals surface area contributed by atoms with Gasteiger partial charge in [0, 0.05) is 51.0 Å². The molecule has 12 heteroatoms. The molecule has 43 heavy (non-hydrogen) atoms. The fraction of sp³-hybridized carbons (Fsp3) is 0.548. The van der Waals surface area contributed by atoms with Crippen molar-refractivity contribution in [3.05, 3.63) is 53.3 Å². The van der Waals surface area contributed by atoms with Gasteiger partial charge in [0.25, 0.3) is 5.91 Å². The number of alkyl halides is 3. The monoisotopic (exact) mass is 603 g/mol. The summed E-state index contributed by atoms with van der Waals surface area (Å²) in [5.41, 5.74) is 1.06. The number of aromatic nitrogens is 1. The molecule has 0 saturated carbocycles. The Kier molecular flexibility index (Phi) is 9.86. The number of carbonyl (C=O) groups is 2. The third kappa shape index (κ3) is 8.39. The van der Waals surface area contributed by atoms with Crippen LogP contribution < -0.4 is 10.1 Å². The summed E-state index contributed by atoms with van der Waals surface area (Å²) in [6.07, 6.45) is -1.05. The Morgan fingerprint density at radius 3 is 2.33 bits per heavy atom. The van der Waals surface area contributed by atoms with Crippen molar-refractivity contribution in [2.45, 2.75) is 71.2 Å². The number of hydrogen-bond acceptors (Lipinski definition) is 6.